The number of ether oxygens (including phenoxy) is 2. The van der Waals surface area contributed by atoms with E-state index >= 15 is 0 Å². The van der Waals surface area contributed by atoms with Crippen molar-refractivity contribution in [1.82, 2.24) is 19.9 Å². The minimum Gasteiger partial charge on any atom is -0.471 e. The number of hydrogen-bond acceptors (Lipinski definition) is 6. The summed E-state index contributed by atoms with van der Waals surface area (Å²) in [4.78, 5) is 17.3. The second-order valence-corrected chi connectivity index (χ2v) is 7.29. The Balaban J connectivity index is 2.48. The Morgan fingerprint density at radius 3 is 2.09 bits per heavy atom. The van der Waals surface area contributed by atoms with Crippen LogP contribution in [0.1, 0.15) is 47.4 Å². The van der Waals surface area contributed by atoms with Crippen LogP contribution in [0.25, 0.3) is 11.3 Å². The molecule has 6 heteroatoms. The number of rotatable bonds is 3. The van der Waals surface area contributed by atoms with E-state index in [1.54, 1.807) is 12.4 Å². The lowest BCUT2D eigenvalue weighted by Crippen LogP contribution is -2.26. The average Bonchev–Trinajstić information content (AvgIpc) is 2.35. The van der Waals surface area contributed by atoms with Gasteiger partial charge in [-0.25, -0.2) is 15.0 Å². The maximum absolute atomic E-state index is 5.99. The van der Waals surface area contributed by atoms with Crippen molar-refractivity contribution < 1.29 is 9.47 Å². The van der Waals surface area contributed by atoms with E-state index in [2.05, 4.69) is 19.9 Å². The lowest BCUT2D eigenvalue weighted by Gasteiger charge is -2.24. The second kappa shape index (κ2) is 6.10. The van der Waals surface area contributed by atoms with Crippen LogP contribution in [-0.4, -0.2) is 31.1 Å². The number of aryl methyl sites for hydroxylation is 1. The number of hydrogen-bond donors (Lipinski definition) is 0. The van der Waals surface area contributed by atoms with Gasteiger partial charge in [-0.3, -0.25) is 0 Å². The van der Waals surface area contributed by atoms with E-state index in [1.165, 1.54) is 0 Å². The normalized spacial score (nSPS) is 12.1. The summed E-state index contributed by atoms with van der Waals surface area (Å²) in [5.74, 6) is 1.13. The Hall–Kier alpha value is -2.24. The van der Waals surface area contributed by atoms with E-state index in [0.29, 0.717) is 17.3 Å². The van der Waals surface area contributed by atoms with Crippen LogP contribution >= 0.6 is 0 Å². The highest BCUT2D eigenvalue weighted by atomic mass is 16.5. The Kier molecular flexibility index (Phi) is 4.54. The molecule has 0 bridgehead atoms. The van der Waals surface area contributed by atoms with Crippen LogP contribution in [0.15, 0.2) is 18.5 Å². The molecule has 2 rings (SSSR count). The Morgan fingerprint density at radius 1 is 0.870 bits per heavy atom. The average molecular weight is 316 g/mol. The third kappa shape index (κ3) is 5.16. The van der Waals surface area contributed by atoms with Gasteiger partial charge in [0.2, 0.25) is 5.88 Å². The molecular formula is C17H24N4O2. The first-order valence-corrected chi connectivity index (χ1v) is 7.59. The predicted molar refractivity (Wildman–Crippen MR) is 88.6 cm³/mol. The number of aromatic nitrogens is 4. The fourth-order valence-corrected chi connectivity index (χ4v) is 1.82. The van der Waals surface area contributed by atoms with E-state index in [9.17, 15) is 0 Å². The van der Waals surface area contributed by atoms with Crippen molar-refractivity contribution in [3.05, 3.63) is 24.3 Å². The molecular weight excluding hydrogens is 292 g/mol. The maximum Gasteiger partial charge on any atom is 0.320 e. The van der Waals surface area contributed by atoms with Gasteiger partial charge in [0.15, 0.2) is 0 Å². The number of nitrogens with zero attached hydrogens (tertiary/aromatic N) is 4. The molecule has 0 aliphatic heterocycles. The van der Waals surface area contributed by atoms with Gasteiger partial charge in [-0.1, -0.05) is 0 Å². The second-order valence-electron chi connectivity index (χ2n) is 7.29. The molecule has 23 heavy (non-hydrogen) atoms. The maximum atomic E-state index is 5.99. The molecule has 2 aromatic rings. The zero-order valence-corrected chi connectivity index (χ0v) is 14.8. The van der Waals surface area contributed by atoms with Gasteiger partial charge < -0.3 is 9.47 Å². The molecule has 0 radical (unpaired) electrons. The van der Waals surface area contributed by atoms with Crippen LogP contribution in [0.2, 0.25) is 0 Å². The van der Waals surface area contributed by atoms with E-state index < -0.39 is 5.60 Å². The minimum absolute atomic E-state index is 0.284. The zero-order chi connectivity index (χ0) is 17.3. The molecule has 0 N–H and O–H groups in total. The standard InChI is InChI=1S/C17H24N4O2/c1-11-18-9-8-13(20-11)12-10-19-15(23-17(5,6)7)21-14(12)22-16(2,3)4/h8-10H,1-7H3. The predicted octanol–water partition coefficient (Wildman–Crippen LogP) is 3.60. The molecule has 0 amide bonds. The van der Waals surface area contributed by atoms with E-state index in [1.807, 2.05) is 54.5 Å². The van der Waals surface area contributed by atoms with Crippen LogP contribution in [0.5, 0.6) is 11.9 Å². The summed E-state index contributed by atoms with van der Waals surface area (Å²) in [6, 6.07) is 2.09. The van der Waals surface area contributed by atoms with Crippen LogP contribution in [0.3, 0.4) is 0 Å². The van der Waals surface area contributed by atoms with Crippen molar-refractivity contribution in [2.75, 3.05) is 0 Å². The highest BCUT2D eigenvalue weighted by molar-refractivity contribution is 5.63. The van der Waals surface area contributed by atoms with Gasteiger partial charge in [0, 0.05) is 12.4 Å². The molecule has 2 heterocycles. The van der Waals surface area contributed by atoms with Gasteiger partial charge in [0.25, 0.3) is 0 Å². The first kappa shape index (κ1) is 17.1. The van der Waals surface area contributed by atoms with Gasteiger partial charge >= 0.3 is 6.01 Å². The third-order valence-corrected chi connectivity index (χ3v) is 2.58. The Morgan fingerprint density at radius 2 is 1.52 bits per heavy atom. The van der Waals surface area contributed by atoms with Gasteiger partial charge in [0.05, 0.1) is 11.3 Å². The molecule has 0 spiro atoms. The van der Waals surface area contributed by atoms with Crippen LogP contribution < -0.4 is 9.47 Å². The lowest BCUT2D eigenvalue weighted by atomic mass is 10.2. The molecule has 0 aliphatic carbocycles. The van der Waals surface area contributed by atoms with E-state index in [4.69, 9.17) is 9.47 Å². The van der Waals surface area contributed by atoms with Crippen molar-refractivity contribution in [1.29, 1.82) is 0 Å². The van der Waals surface area contributed by atoms with Crippen LogP contribution in [-0.2, 0) is 0 Å². The quantitative estimate of drug-likeness (QED) is 0.861. The summed E-state index contributed by atoms with van der Waals surface area (Å²) < 4.78 is 11.7. The third-order valence-electron chi connectivity index (χ3n) is 2.58. The molecule has 2 aromatic heterocycles. The molecule has 0 aliphatic rings. The van der Waals surface area contributed by atoms with Crippen LogP contribution in [0.4, 0.5) is 0 Å². The van der Waals surface area contributed by atoms with Gasteiger partial charge in [-0.2, -0.15) is 4.98 Å². The summed E-state index contributed by atoms with van der Waals surface area (Å²) in [6.07, 6.45) is 3.38. The molecule has 124 valence electrons. The molecule has 0 saturated carbocycles. The SMILES string of the molecule is Cc1nccc(-c2cnc(OC(C)(C)C)nc2OC(C)(C)C)n1. The summed E-state index contributed by atoms with van der Waals surface area (Å²) in [6.45, 7) is 13.6. The summed E-state index contributed by atoms with van der Waals surface area (Å²) in [5.41, 5.74) is 0.654. The molecule has 0 unspecified atom stereocenters. The molecule has 0 atom stereocenters. The monoisotopic (exact) mass is 316 g/mol. The van der Waals surface area contributed by atoms with Crippen molar-refractivity contribution in [2.24, 2.45) is 0 Å². The first-order valence-electron chi connectivity index (χ1n) is 7.59. The smallest absolute Gasteiger partial charge is 0.320 e. The summed E-state index contributed by atoms with van der Waals surface area (Å²) in [7, 11) is 0. The van der Waals surface area contributed by atoms with Crippen molar-refractivity contribution in [3.63, 3.8) is 0 Å². The topological polar surface area (TPSA) is 70.0 Å². The Labute approximate surface area is 137 Å². The molecule has 0 aromatic carbocycles. The summed E-state index contributed by atoms with van der Waals surface area (Å²) in [5, 5.41) is 0. The zero-order valence-electron chi connectivity index (χ0n) is 14.8. The van der Waals surface area contributed by atoms with Crippen molar-refractivity contribution in [3.8, 4) is 23.1 Å². The molecule has 6 nitrogen and oxygen atoms in total. The first-order chi connectivity index (χ1) is 10.5. The van der Waals surface area contributed by atoms with E-state index in [0.717, 1.165) is 5.69 Å². The molecule has 0 saturated heterocycles. The minimum atomic E-state index is -0.399. The Bertz CT molecular complexity index is 688. The lowest BCUT2D eigenvalue weighted by molar-refractivity contribution is 0.103. The van der Waals surface area contributed by atoms with E-state index in [-0.39, 0.29) is 11.6 Å². The highest BCUT2D eigenvalue weighted by Crippen LogP contribution is 2.30. The van der Waals surface area contributed by atoms with Gasteiger partial charge in [0.1, 0.15) is 17.0 Å². The van der Waals surface area contributed by atoms with Gasteiger partial charge in [-0.15, -0.1) is 0 Å². The fourth-order valence-electron chi connectivity index (χ4n) is 1.82. The highest BCUT2D eigenvalue weighted by Gasteiger charge is 2.21. The molecule has 0 fully saturated rings. The largest absolute Gasteiger partial charge is 0.471 e. The van der Waals surface area contributed by atoms with Crippen molar-refractivity contribution >= 4 is 0 Å². The summed E-state index contributed by atoms with van der Waals surface area (Å²) >= 11 is 0. The van der Waals surface area contributed by atoms with Crippen molar-refractivity contribution in [2.45, 2.75) is 59.7 Å². The fraction of sp³-hybridized carbons (Fsp3) is 0.529. The van der Waals surface area contributed by atoms with Crippen LogP contribution in [0, 0.1) is 6.92 Å². The van der Waals surface area contributed by atoms with Gasteiger partial charge in [-0.05, 0) is 54.5 Å².